The molecular weight excluding hydrogens is 458 g/mol. The first-order chi connectivity index (χ1) is 15.9. The summed E-state index contributed by atoms with van der Waals surface area (Å²) in [4.78, 5) is 12.5. The van der Waals surface area contributed by atoms with Crippen molar-refractivity contribution in [1.29, 1.82) is 0 Å². The smallest absolute Gasteiger partial charge is 0.243 e. The second-order valence-corrected chi connectivity index (χ2v) is 11.0. The van der Waals surface area contributed by atoms with Crippen LogP contribution < -0.4 is 5.32 Å². The molecule has 1 unspecified atom stereocenters. The first kappa shape index (κ1) is 23.5. The number of amides is 1. The van der Waals surface area contributed by atoms with Crippen molar-refractivity contribution in [3.05, 3.63) is 54.6 Å². The second kappa shape index (κ2) is 10.1. The number of rotatable bonds is 8. The van der Waals surface area contributed by atoms with Crippen molar-refractivity contribution in [1.82, 2.24) is 24.4 Å². The molecule has 10 heteroatoms. The van der Waals surface area contributed by atoms with Crippen LogP contribution in [0.2, 0.25) is 0 Å². The van der Waals surface area contributed by atoms with Crippen LogP contribution in [-0.2, 0) is 14.8 Å². The zero-order chi connectivity index (χ0) is 23.4. The molecule has 33 heavy (non-hydrogen) atoms. The van der Waals surface area contributed by atoms with Gasteiger partial charge in [0.25, 0.3) is 0 Å². The van der Waals surface area contributed by atoms with Gasteiger partial charge in [0.15, 0.2) is 11.0 Å². The van der Waals surface area contributed by atoms with E-state index < -0.39 is 10.0 Å². The van der Waals surface area contributed by atoms with E-state index in [4.69, 9.17) is 0 Å². The molecule has 0 saturated carbocycles. The molecule has 0 spiro atoms. The zero-order valence-corrected chi connectivity index (χ0v) is 20.3. The number of para-hydroxylation sites is 1. The predicted molar refractivity (Wildman–Crippen MR) is 129 cm³/mol. The maximum absolute atomic E-state index is 13.1. The Balaban J connectivity index is 1.75. The lowest BCUT2D eigenvalue weighted by molar-refractivity contribution is -0.120. The van der Waals surface area contributed by atoms with E-state index in [-0.39, 0.29) is 16.1 Å². The molecule has 1 aliphatic rings. The van der Waals surface area contributed by atoms with Crippen molar-refractivity contribution in [2.75, 3.05) is 19.6 Å². The number of hydrogen-bond acceptors (Lipinski definition) is 6. The molecule has 1 aromatic heterocycles. The van der Waals surface area contributed by atoms with Crippen LogP contribution in [0.5, 0.6) is 0 Å². The highest BCUT2D eigenvalue weighted by Crippen LogP contribution is 2.31. The van der Waals surface area contributed by atoms with E-state index in [1.807, 2.05) is 54.8 Å². The number of aromatic nitrogens is 3. The summed E-state index contributed by atoms with van der Waals surface area (Å²) >= 11 is 1.31. The highest BCUT2D eigenvalue weighted by molar-refractivity contribution is 8.00. The standard InChI is InChI=1S/C23H27N5O3S2/c1-3-24-22(29)17(2)32-23-26-25-21(28(23)19-11-5-4-6-12-19)18-10-9-13-20(16-18)33(30,31)27-14-7-8-15-27/h4-6,9-13,16-17H,3,7-8,14-15H2,1-2H3,(H,24,29). The molecule has 0 bridgehead atoms. The van der Waals surface area contributed by atoms with E-state index in [9.17, 15) is 13.2 Å². The van der Waals surface area contributed by atoms with Crippen LogP contribution in [0.1, 0.15) is 26.7 Å². The molecule has 4 rings (SSSR count). The average Bonchev–Trinajstić information content (AvgIpc) is 3.51. The molecule has 0 radical (unpaired) electrons. The number of nitrogens with zero attached hydrogens (tertiary/aromatic N) is 4. The SMILES string of the molecule is CCNC(=O)C(C)Sc1nnc(-c2cccc(S(=O)(=O)N3CCCC3)c2)n1-c1ccccc1. The molecule has 0 aliphatic carbocycles. The Kier molecular flexibility index (Phi) is 7.16. The lowest BCUT2D eigenvalue weighted by Gasteiger charge is -2.16. The zero-order valence-electron chi connectivity index (χ0n) is 18.6. The van der Waals surface area contributed by atoms with Crippen molar-refractivity contribution in [2.24, 2.45) is 0 Å². The van der Waals surface area contributed by atoms with Crippen LogP contribution in [0.25, 0.3) is 17.1 Å². The van der Waals surface area contributed by atoms with Gasteiger partial charge in [-0.15, -0.1) is 10.2 Å². The molecule has 3 aromatic rings. The Morgan fingerprint density at radius 1 is 1.09 bits per heavy atom. The number of hydrogen-bond donors (Lipinski definition) is 1. The van der Waals surface area contributed by atoms with Gasteiger partial charge in [-0.25, -0.2) is 8.42 Å². The van der Waals surface area contributed by atoms with Crippen LogP contribution >= 0.6 is 11.8 Å². The molecule has 174 valence electrons. The Hall–Kier alpha value is -2.69. The molecule has 8 nitrogen and oxygen atoms in total. The molecule has 1 saturated heterocycles. The number of carbonyl (C=O) groups is 1. The molecule has 1 N–H and O–H groups in total. The van der Waals surface area contributed by atoms with Gasteiger partial charge in [-0.1, -0.05) is 42.1 Å². The van der Waals surface area contributed by atoms with Crippen LogP contribution in [0.4, 0.5) is 0 Å². The Labute approximate surface area is 198 Å². The molecule has 1 aliphatic heterocycles. The molecule has 1 atom stereocenters. The topological polar surface area (TPSA) is 97.2 Å². The van der Waals surface area contributed by atoms with Gasteiger partial charge in [0, 0.05) is 30.9 Å². The fourth-order valence-electron chi connectivity index (χ4n) is 3.75. The monoisotopic (exact) mass is 485 g/mol. The van der Waals surface area contributed by atoms with Gasteiger partial charge in [0.05, 0.1) is 10.1 Å². The minimum absolute atomic E-state index is 0.0784. The first-order valence-electron chi connectivity index (χ1n) is 11.0. The summed E-state index contributed by atoms with van der Waals surface area (Å²) in [5.74, 6) is 0.440. The number of benzene rings is 2. The van der Waals surface area contributed by atoms with Crippen molar-refractivity contribution < 1.29 is 13.2 Å². The normalized spacial score (nSPS) is 15.5. The maximum atomic E-state index is 13.1. The summed E-state index contributed by atoms with van der Waals surface area (Å²) < 4.78 is 29.6. The Bertz CT molecular complexity index is 1220. The number of nitrogens with one attached hydrogen (secondary N) is 1. The fraction of sp³-hybridized carbons (Fsp3) is 0.348. The Morgan fingerprint density at radius 3 is 2.52 bits per heavy atom. The van der Waals surface area contributed by atoms with Gasteiger partial charge in [0.1, 0.15) is 0 Å². The van der Waals surface area contributed by atoms with E-state index in [1.165, 1.54) is 16.1 Å². The summed E-state index contributed by atoms with van der Waals surface area (Å²) in [5.41, 5.74) is 1.47. The van der Waals surface area contributed by atoms with E-state index in [1.54, 1.807) is 18.2 Å². The third-order valence-corrected chi connectivity index (χ3v) is 8.38. The van der Waals surface area contributed by atoms with Gasteiger partial charge in [-0.2, -0.15) is 4.31 Å². The summed E-state index contributed by atoms with van der Waals surface area (Å²) in [6.45, 7) is 5.35. The van der Waals surface area contributed by atoms with Crippen LogP contribution in [0, 0.1) is 0 Å². The first-order valence-corrected chi connectivity index (χ1v) is 13.3. The lowest BCUT2D eigenvalue weighted by atomic mass is 10.2. The van der Waals surface area contributed by atoms with E-state index in [2.05, 4.69) is 15.5 Å². The number of carbonyl (C=O) groups excluding carboxylic acids is 1. The fourth-order valence-corrected chi connectivity index (χ4v) is 6.20. The van der Waals surface area contributed by atoms with Gasteiger partial charge in [-0.3, -0.25) is 9.36 Å². The number of sulfonamides is 1. The van der Waals surface area contributed by atoms with Gasteiger partial charge < -0.3 is 5.32 Å². The van der Waals surface area contributed by atoms with Gasteiger partial charge in [-0.05, 0) is 51.0 Å². The van der Waals surface area contributed by atoms with E-state index in [0.717, 1.165) is 18.5 Å². The highest BCUT2D eigenvalue weighted by atomic mass is 32.2. The summed E-state index contributed by atoms with van der Waals surface area (Å²) in [7, 11) is -3.56. The van der Waals surface area contributed by atoms with Gasteiger partial charge in [0.2, 0.25) is 15.9 Å². The van der Waals surface area contributed by atoms with Crippen molar-refractivity contribution in [2.45, 2.75) is 42.0 Å². The second-order valence-electron chi connectivity index (χ2n) is 7.77. The van der Waals surface area contributed by atoms with Gasteiger partial charge >= 0.3 is 0 Å². The molecule has 2 aromatic carbocycles. The molecule has 2 heterocycles. The van der Waals surface area contributed by atoms with Crippen LogP contribution in [-0.4, -0.2) is 58.3 Å². The Morgan fingerprint density at radius 2 is 1.82 bits per heavy atom. The largest absolute Gasteiger partial charge is 0.355 e. The average molecular weight is 486 g/mol. The van der Waals surface area contributed by atoms with Crippen LogP contribution in [0.3, 0.4) is 0 Å². The molecule has 1 fully saturated rings. The third kappa shape index (κ3) is 4.97. The highest BCUT2D eigenvalue weighted by Gasteiger charge is 2.28. The van der Waals surface area contributed by atoms with Crippen molar-refractivity contribution in [3.8, 4) is 17.1 Å². The predicted octanol–water partition coefficient (Wildman–Crippen LogP) is 3.34. The van der Waals surface area contributed by atoms with E-state index >= 15 is 0 Å². The summed E-state index contributed by atoms with van der Waals surface area (Å²) in [6, 6.07) is 16.4. The maximum Gasteiger partial charge on any atom is 0.243 e. The summed E-state index contributed by atoms with van der Waals surface area (Å²) in [5, 5.41) is 11.8. The van der Waals surface area contributed by atoms with Crippen LogP contribution in [0.15, 0.2) is 64.6 Å². The van der Waals surface area contributed by atoms with E-state index in [0.29, 0.717) is 36.2 Å². The lowest BCUT2D eigenvalue weighted by Crippen LogP contribution is -2.30. The minimum atomic E-state index is -3.56. The minimum Gasteiger partial charge on any atom is -0.355 e. The number of thioether (sulfide) groups is 1. The summed E-state index contributed by atoms with van der Waals surface area (Å²) in [6.07, 6.45) is 1.76. The molecule has 1 amide bonds. The van der Waals surface area contributed by atoms with Crippen molar-refractivity contribution >= 4 is 27.7 Å². The quantitative estimate of drug-likeness (QED) is 0.492. The third-order valence-electron chi connectivity index (χ3n) is 5.45. The molecular formula is C23H27N5O3S2. The van der Waals surface area contributed by atoms with Crippen molar-refractivity contribution in [3.63, 3.8) is 0 Å².